The van der Waals surface area contributed by atoms with E-state index in [0.29, 0.717) is 18.7 Å². The number of nitrogens with one attached hydrogen (secondary N) is 1. The number of hydrogen-bond donors (Lipinski definition) is 1. The van der Waals surface area contributed by atoms with E-state index in [2.05, 4.69) is 39.5 Å². The van der Waals surface area contributed by atoms with E-state index in [4.69, 9.17) is 9.47 Å². The Kier molecular flexibility index (Phi) is 5.03. The van der Waals surface area contributed by atoms with Crippen LogP contribution in [0.1, 0.15) is 37.7 Å². The SMILES string of the molecule is CO[C@H]1CC[C@H](C(=O)N2Cc3cccnc3Nc3ccc(N4CC5CC4CO5)cc32)CC1. The zero-order valence-electron chi connectivity index (χ0n) is 18.5. The van der Waals surface area contributed by atoms with Gasteiger partial charge in [-0.2, -0.15) is 0 Å². The van der Waals surface area contributed by atoms with Gasteiger partial charge in [-0.15, -0.1) is 0 Å². The van der Waals surface area contributed by atoms with Crippen molar-refractivity contribution in [2.75, 3.05) is 35.4 Å². The fourth-order valence-electron chi connectivity index (χ4n) is 5.77. The minimum absolute atomic E-state index is 0.0346. The van der Waals surface area contributed by atoms with E-state index in [-0.39, 0.29) is 17.9 Å². The fourth-order valence-corrected chi connectivity index (χ4v) is 5.77. The quantitative estimate of drug-likeness (QED) is 0.792. The van der Waals surface area contributed by atoms with Crippen LogP contribution in [-0.2, 0) is 20.8 Å². The van der Waals surface area contributed by atoms with Gasteiger partial charge in [0.1, 0.15) is 5.82 Å². The van der Waals surface area contributed by atoms with Crippen LogP contribution >= 0.6 is 0 Å². The number of amides is 1. The zero-order chi connectivity index (χ0) is 21.7. The number of anilines is 4. The molecule has 1 aromatic heterocycles. The monoisotopic (exact) mass is 434 g/mol. The van der Waals surface area contributed by atoms with Crippen molar-refractivity contribution in [1.82, 2.24) is 4.98 Å². The van der Waals surface area contributed by atoms with Crippen molar-refractivity contribution in [3.8, 4) is 0 Å². The Morgan fingerprint density at radius 2 is 2.09 bits per heavy atom. The van der Waals surface area contributed by atoms with Crippen LogP contribution in [0.3, 0.4) is 0 Å². The molecule has 0 radical (unpaired) electrons. The smallest absolute Gasteiger partial charge is 0.230 e. The highest BCUT2D eigenvalue weighted by molar-refractivity contribution is 6.00. The Morgan fingerprint density at radius 3 is 2.84 bits per heavy atom. The molecule has 1 aliphatic carbocycles. The van der Waals surface area contributed by atoms with Crippen molar-refractivity contribution in [1.29, 1.82) is 0 Å². The Labute approximate surface area is 188 Å². The van der Waals surface area contributed by atoms with Crippen LogP contribution in [0.4, 0.5) is 22.9 Å². The first-order chi connectivity index (χ1) is 15.7. The lowest BCUT2D eigenvalue weighted by Crippen LogP contribution is -2.39. The Hall–Kier alpha value is -2.64. The average Bonchev–Trinajstić information content (AvgIpc) is 3.43. The molecule has 1 amide bonds. The molecule has 2 unspecified atom stereocenters. The number of hydrogen-bond acceptors (Lipinski definition) is 6. The van der Waals surface area contributed by atoms with E-state index < -0.39 is 0 Å². The standard InChI is InChI=1S/C25H30N4O3/c1-31-20-7-4-16(5-8-20)25(30)29-13-17-3-2-10-26-24(17)27-22-9-6-18(12-23(22)29)28-14-21-11-19(28)15-32-21/h2-3,6,9-10,12,16,19-21H,4-5,7-8,11,13-15H2,1H3,(H,26,27)/t16-,19?,20-,21?. The molecule has 3 fully saturated rings. The highest BCUT2D eigenvalue weighted by atomic mass is 16.5. The largest absolute Gasteiger partial charge is 0.381 e. The number of ether oxygens (including phenoxy) is 2. The molecule has 2 bridgehead atoms. The molecule has 2 saturated heterocycles. The third kappa shape index (κ3) is 3.44. The van der Waals surface area contributed by atoms with Gasteiger partial charge in [0, 0.05) is 37.0 Å². The van der Waals surface area contributed by atoms with Crippen molar-refractivity contribution in [3.05, 3.63) is 42.1 Å². The van der Waals surface area contributed by atoms with Gasteiger partial charge in [0.05, 0.1) is 42.8 Å². The predicted octanol–water partition coefficient (Wildman–Crippen LogP) is 3.85. The van der Waals surface area contributed by atoms with Gasteiger partial charge in [0.25, 0.3) is 0 Å². The second-order valence-electron chi connectivity index (χ2n) is 9.47. The molecule has 1 saturated carbocycles. The van der Waals surface area contributed by atoms with Gasteiger partial charge in [-0.3, -0.25) is 4.79 Å². The normalized spacial score (nSPS) is 28.7. The van der Waals surface area contributed by atoms with Gasteiger partial charge >= 0.3 is 0 Å². The van der Waals surface area contributed by atoms with Gasteiger partial charge in [-0.25, -0.2) is 4.98 Å². The Morgan fingerprint density at radius 1 is 1.22 bits per heavy atom. The lowest BCUT2D eigenvalue weighted by molar-refractivity contribution is -0.124. The lowest BCUT2D eigenvalue weighted by atomic mass is 9.86. The van der Waals surface area contributed by atoms with Crippen LogP contribution in [0.15, 0.2) is 36.5 Å². The number of aromatic nitrogens is 1. The molecule has 6 rings (SSSR count). The Balaban J connectivity index is 1.35. The first-order valence-corrected chi connectivity index (χ1v) is 11.8. The molecule has 32 heavy (non-hydrogen) atoms. The van der Waals surface area contributed by atoms with Crippen molar-refractivity contribution in [2.45, 2.75) is 56.9 Å². The molecule has 2 aromatic rings. The van der Waals surface area contributed by atoms with E-state index in [1.165, 1.54) is 5.69 Å². The van der Waals surface area contributed by atoms with Gasteiger partial charge in [0.2, 0.25) is 5.91 Å². The molecular formula is C25H30N4O3. The number of carbonyl (C=O) groups is 1. The molecule has 168 valence electrons. The Bertz CT molecular complexity index is 1020. The van der Waals surface area contributed by atoms with Gasteiger partial charge in [-0.05, 0) is 56.4 Å². The third-order valence-electron chi connectivity index (χ3n) is 7.60. The van der Waals surface area contributed by atoms with Crippen LogP contribution in [0, 0.1) is 5.92 Å². The molecule has 1 N–H and O–H groups in total. The number of nitrogens with zero attached hydrogens (tertiary/aromatic N) is 3. The molecule has 2 atom stereocenters. The first kappa shape index (κ1) is 20.0. The van der Waals surface area contributed by atoms with Crippen LogP contribution in [-0.4, -0.2) is 49.4 Å². The maximum Gasteiger partial charge on any atom is 0.230 e. The fraction of sp³-hybridized carbons (Fsp3) is 0.520. The van der Waals surface area contributed by atoms with E-state index in [1.54, 1.807) is 13.3 Å². The summed E-state index contributed by atoms with van der Waals surface area (Å²) in [6.45, 7) is 2.25. The van der Waals surface area contributed by atoms with Crippen molar-refractivity contribution < 1.29 is 14.3 Å². The van der Waals surface area contributed by atoms with Crippen LogP contribution < -0.4 is 15.1 Å². The summed E-state index contributed by atoms with van der Waals surface area (Å²) in [5, 5.41) is 3.49. The molecule has 4 aliphatic rings. The average molecular weight is 435 g/mol. The molecule has 3 aliphatic heterocycles. The van der Waals surface area contributed by atoms with Crippen LogP contribution in [0.2, 0.25) is 0 Å². The van der Waals surface area contributed by atoms with Crippen molar-refractivity contribution in [2.24, 2.45) is 5.92 Å². The number of fused-ring (bicyclic) bond motifs is 4. The van der Waals surface area contributed by atoms with E-state index in [0.717, 1.165) is 68.0 Å². The summed E-state index contributed by atoms with van der Waals surface area (Å²) < 4.78 is 11.3. The summed E-state index contributed by atoms with van der Waals surface area (Å²) in [4.78, 5) is 22.8. The maximum absolute atomic E-state index is 13.8. The number of pyridine rings is 1. The number of morpholine rings is 1. The predicted molar refractivity (Wildman–Crippen MR) is 123 cm³/mol. The third-order valence-corrected chi connectivity index (χ3v) is 7.60. The minimum atomic E-state index is 0.0346. The molecular weight excluding hydrogens is 404 g/mol. The summed E-state index contributed by atoms with van der Waals surface area (Å²) in [6.07, 6.45) is 7.15. The number of benzene rings is 1. The van der Waals surface area contributed by atoms with Crippen molar-refractivity contribution >= 4 is 28.8 Å². The molecule has 7 heteroatoms. The minimum Gasteiger partial charge on any atom is -0.381 e. The van der Waals surface area contributed by atoms with Crippen LogP contribution in [0.5, 0.6) is 0 Å². The molecule has 7 nitrogen and oxygen atoms in total. The summed E-state index contributed by atoms with van der Waals surface area (Å²) >= 11 is 0. The molecule has 0 spiro atoms. The lowest BCUT2D eigenvalue weighted by Gasteiger charge is -2.33. The van der Waals surface area contributed by atoms with E-state index >= 15 is 0 Å². The summed E-state index contributed by atoms with van der Waals surface area (Å²) in [7, 11) is 1.77. The summed E-state index contributed by atoms with van der Waals surface area (Å²) in [5.74, 6) is 1.07. The zero-order valence-corrected chi connectivity index (χ0v) is 18.5. The summed E-state index contributed by atoms with van der Waals surface area (Å²) in [5.41, 5.74) is 4.09. The molecule has 4 heterocycles. The van der Waals surface area contributed by atoms with Crippen LogP contribution in [0.25, 0.3) is 0 Å². The topological polar surface area (TPSA) is 66.9 Å². The van der Waals surface area contributed by atoms with Gasteiger partial charge < -0.3 is 24.6 Å². The number of methoxy groups -OCH3 is 1. The van der Waals surface area contributed by atoms with Crippen molar-refractivity contribution in [3.63, 3.8) is 0 Å². The number of carbonyl (C=O) groups excluding carboxylic acids is 1. The first-order valence-electron chi connectivity index (χ1n) is 11.8. The number of rotatable bonds is 3. The summed E-state index contributed by atoms with van der Waals surface area (Å²) in [6, 6.07) is 10.9. The maximum atomic E-state index is 13.8. The second-order valence-corrected chi connectivity index (χ2v) is 9.47. The highest BCUT2D eigenvalue weighted by Gasteiger charge is 2.40. The second kappa shape index (κ2) is 8.05. The van der Waals surface area contributed by atoms with E-state index in [1.807, 2.05) is 11.0 Å². The molecule has 1 aromatic carbocycles. The van der Waals surface area contributed by atoms with E-state index in [9.17, 15) is 4.79 Å². The van der Waals surface area contributed by atoms with Gasteiger partial charge in [0.15, 0.2) is 0 Å². The van der Waals surface area contributed by atoms with Gasteiger partial charge in [-0.1, -0.05) is 6.07 Å². The highest BCUT2D eigenvalue weighted by Crippen LogP contribution is 2.41.